The average molecular weight is 541 g/mol. The summed E-state index contributed by atoms with van der Waals surface area (Å²) in [6.45, 7) is 11.5. The van der Waals surface area contributed by atoms with Crippen LogP contribution in [0, 0.1) is 0 Å². The molecule has 2 amide bonds. The van der Waals surface area contributed by atoms with Gasteiger partial charge < -0.3 is 19.7 Å². The van der Waals surface area contributed by atoms with Gasteiger partial charge in [0.15, 0.2) is 0 Å². The Morgan fingerprint density at radius 1 is 0.744 bits per heavy atom. The van der Waals surface area contributed by atoms with Gasteiger partial charge in [-0.15, -0.1) is 0 Å². The van der Waals surface area contributed by atoms with Crippen molar-refractivity contribution in [2.24, 2.45) is 0 Å². The highest BCUT2D eigenvalue weighted by atomic mass is 16.6. The molecule has 2 aromatic rings. The van der Waals surface area contributed by atoms with Crippen LogP contribution >= 0.6 is 0 Å². The first kappa shape index (κ1) is 30.0. The Hall–Kier alpha value is -3.59. The number of carbonyl (C=O) groups excluding carboxylic acids is 2. The Balaban J connectivity index is 0.000000216. The van der Waals surface area contributed by atoms with Crippen molar-refractivity contribution in [3.63, 3.8) is 0 Å². The molecule has 0 aliphatic carbocycles. The second kappa shape index (κ2) is 12.1. The summed E-state index contributed by atoms with van der Waals surface area (Å²) < 4.78 is 10.7. The first-order valence-electron chi connectivity index (χ1n) is 13.1. The molecule has 9 nitrogen and oxygen atoms in total. The summed E-state index contributed by atoms with van der Waals surface area (Å²) in [5.74, 6) is -1.01. The zero-order valence-corrected chi connectivity index (χ0v) is 23.6. The van der Waals surface area contributed by atoms with Gasteiger partial charge in [-0.25, -0.2) is 14.4 Å². The van der Waals surface area contributed by atoms with Crippen molar-refractivity contribution in [1.29, 1.82) is 0 Å². The molecule has 9 heteroatoms. The van der Waals surface area contributed by atoms with Gasteiger partial charge in [0.05, 0.1) is 19.2 Å². The van der Waals surface area contributed by atoms with Crippen molar-refractivity contribution in [2.75, 3.05) is 6.61 Å². The SMILES string of the molecule is CC(C)(C)OC(=O)N1Cc2ccccc2C[C@H]1C(=O)O.CC(C)(C)OC(=O)N1Cc2ccccc2C[C@H]1CO. The van der Waals surface area contributed by atoms with Gasteiger partial charge in [0.2, 0.25) is 0 Å². The molecule has 0 unspecified atom stereocenters. The molecule has 0 fully saturated rings. The minimum absolute atomic E-state index is 0.0480. The summed E-state index contributed by atoms with van der Waals surface area (Å²) in [4.78, 5) is 38.7. The summed E-state index contributed by atoms with van der Waals surface area (Å²) in [5, 5.41) is 18.8. The summed E-state index contributed by atoms with van der Waals surface area (Å²) in [6, 6.07) is 14.5. The molecular weight excluding hydrogens is 500 g/mol. The average Bonchev–Trinajstić information content (AvgIpc) is 2.85. The fourth-order valence-corrected chi connectivity index (χ4v) is 4.54. The van der Waals surface area contributed by atoms with Crippen LogP contribution in [0.15, 0.2) is 48.5 Å². The number of ether oxygens (including phenoxy) is 2. The smallest absolute Gasteiger partial charge is 0.411 e. The highest BCUT2D eigenvalue weighted by molar-refractivity contribution is 5.81. The number of hydrogen-bond donors (Lipinski definition) is 2. The zero-order chi connectivity index (χ0) is 29.0. The van der Waals surface area contributed by atoms with Crippen molar-refractivity contribution in [3.05, 3.63) is 70.8 Å². The van der Waals surface area contributed by atoms with Crippen LogP contribution in [0.5, 0.6) is 0 Å². The molecule has 212 valence electrons. The van der Waals surface area contributed by atoms with E-state index in [1.54, 1.807) is 25.7 Å². The van der Waals surface area contributed by atoms with Gasteiger partial charge in [-0.3, -0.25) is 9.80 Å². The van der Waals surface area contributed by atoms with E-state index in [9.17, 15) is 24.6 Å². The first-order chi connectivity index (χ1) is 18.2. The molecule has 4 rings (SSSR count). The molecule has 0 spiro atoms. The Kier molecular flexibility index (Phi) is 9.27. The molecular formula is C30H40N2O7. The number of fused-ring (bicyclic) bond motifs is 2. The summed E-state index contributed by atoms with van der Waals surface area (Å²) in [5.41, 5.74) is 3.10. The quantitative estimate of drug-likeness (QED) is 0.563. The number of hydrogen-bond acceptors (Lipinski definition) is 6. The minimum Gasteiger partial charge on any atom is -0.480 e. The normalized spacial score (nSPS) is 18.6. The Morgan fingerprint density at radius 3 is 1.59 bits per heavy atom. The molecule has 2 atom stereocenters. The van der Waals surface area contributed by atoms with E-state index < -0.39 is 29.3 Å². The standard InChI is InChI=1S/C15H19NO4.C15H21NO3/c1-15(2,3)20-14(19)16-9-11-7-5-4-6-10(11)8-12(16)13(17)18;1-15(2,3)19-14(18)16-9-12-7-5-4-6-11(12)8-13(16)10-17/h4-7,12H,8-9H2,1-3H3,(H,17,18);4-7,13,17H,8-10H2,1-3H3/t12-;13-/m00/s1. The van der Waals surface area contributed by atoms with Gasteiger partial charge in [-0.1, -0.05) is 48.5 Å². The Labute approximate surface area is 230 Å². The molecule has 2 aliphatic rings. The van der Waals surface area contributed by atoms with E-state index in [0.29, 0.717) is 19.4 Å². The lowest BCUT2D eigenvalue weighted by Crippen LogP contribution is -2.50. The lowest BCUT2D eigenvalue weighted by Gasteiger charge is -2.36. The maximum Gasteiger partial charge on any atom is 0.411 e. The first-order valence-corrected chi connectivity index (χ1v) is 13.1. The van der Waals surface area contributed by atoms with Gasteiger partial charge >= 0.3 is 18.2 Å². The van der Waals surface area contributed by atoms with Gasteiger partial charge in [0, 0.05) is 13.0 Å². The molecule has 0 saturated carbocycles. The molecule has 0 aromatic heterocycles. The van der Waals surface area contributed by atoms with Crippen LogP contribution in [0.2, 0.25) is 0 Å². The third-order valence-electron chi connectivity index (χ3n) is 6.36. The third kappa shape index (κ3) is 8.20. The van der Waals surface area contributed by atoms with Crippen molar-refractivity contribution >= 4 is 18.2 Å². The van der Waals surface area contributed by atoms with Gasteiger partial charge in [-0.2, -0.15) is 0 Å². The summed E-state index contributed by atoms with van der Waals surface area (Å²) >= 11 is 0. The highest BCUT2D eigenvalue weighted by Crippen LogP contribution is 2.26. The third-order valence-corrected chi connectivity index (χ3v) is 6.36. The molecule has 2 N–H and O–H groups in total. The topological polar surface area (TPSA) is 117 Å². The van der Waals surface area contributed by atoms with E-state index in [1.807, 2.05) is 69.3 Å². The van der Waals surface area contributed by atoms with Crippen molar-refractivity contribution in [3.8, 4) is 0 Å². The molecule has 2 aromatic carbocycles. The van der Waals surface area contributed by atoms with Crippen LogP contribution < -0.4 is 0 Å². The van der Waals surface area contributed by atoms with E-state index in [-0.39, 0.29) is 25.3 Å². The predicted octanol–water partition coefficient (Wildman–Crippen LogP) is 4.77. The van der Waals surface area contributed by atoms with E-state index in [4.69, 9.17) is 9.47 Å². The number of rotatable bonds is 2. The fourth-order valence-electron chi connectivity index (χ4n) is 4.54. The van der Waals surface area contributed by atoms with Crippen LogP contribution in [0.3, 0.4) is 0 Å². The number of aliphatic hydroxyl groups excluding tert-OH is 1. The lowest BCUT2D eigenvalue weighted by atomic mass is 9.94. The summed E-state index contributed by atoms with van der Waals surface area (Å²) in [7, 11) is 0. The number of amides is 2. The van der Waals surface area contributed by atoms with Crippen molar-refractivity contribution in [1.82, 2.24) is 9.80 Å². The van der Waals surface area contributed by atoms with Crippen molar-refractivity contribution in [2.45, 2.75) is 90.8 Å². The fraction of sp³-hybridized carbons (Fsp3) is 0.500. The monoisotopic (exact) mass is 540 g/mol. The van der Waals surface area contributed by atoms with Gasteiger partial charge in [0.25, 0.3) is 0 Å². The number of carboxylic acids is 1. The molecule has 39 heavy (non-hydrogen) atoms. The van der Waals surface area contributed by atoms with E-state index in [0.717, 1.165) is 16.7 Å². The Morgan fingerprint density at radius 2 is 1.15 bits per heavy atom. The zero-order valence-electron chi connectivity index (χ0n) is 23.6. The number of benzene rings is 2. The predicted molar refractivity (Wildman–Crippen MR) is 146 cm³/mol. The maximum absolute atomic E-state index is 12.2. The van der Waals surface area contributed by atoms with E-state index in [2.05, 4.69) is 0 Å². The molecule has 0 saturated heterocycles. The lowest BCUT2D eigenvalue weighted by molar-refractivity contribution is -0.143. The number of nitrogens with zero attached hydrogens (tertiary/aromatic N) is 2. The molecule has 2 aliphatic heterocycles. The number of carbonyl (C=O) groups is 3. The largest absolute Gasteiger partial charge is 0.480 e. The minimum atomic E-state index is -1.01. The second-order valence-electron chi connectivity index (χ2n) is 11.9. The summed E-state index contributed by atoms with van der Waals surface area (Å²) in [6.07, 6.45) is 0.0388. The molecule has 0 bridgehead atoms. The van der Waals surface area contributed by atoms with Crippen LogP contribution in [0.25, 0.3) is 0 Å². The maximum atomic E-state index is 12.2. The number of aliphatic carboxylic acids is 1. The second-order valence-corrected chi connectivity index (χ2v) is 11.9. The molecule has 2 heterocycles. The van der Waals surface area contributed by atoms with Crippen LogP contribution in [-0.4, -0.2) is 68.1 Å². The van der Waals surface area contributed by atoms with Crippen LogP contribution in [-0.2, 0) is 40.2 Å². The van der Waals surface area contributed by atoms with E-state index >= 15 is 0 Å². The number of carboxylic acid groups (broad SMARTS) is 1. The van der Waals surface area contributed by atoms with Crippen molar-refractivity contribution < 1.29 is 34.1 Å². The van der Waals surface area contributed by atoms with Gasteiger partial charge in [0.1, 0.15) is 17.2 Å². The highest BCUT2D eigenvalue weighted by Gasteiger charge is 2.37. The number of aliphatic hydroxyl groups is 1. The van der Waals surface area contributed by atoms with Crippen LogP contribution in [0.4, 0.5) is 9.59 Å². The van der Waals surface area contributed by atoms with Crippen LogP contribution in [0.1, 0.15) is 63.8 Å². The van der Waals surface area contributed by atoms with E-state index in [1.165, 1.54) is 10.5 Å². The van der Waals surface area contributed by atoms with Gasteiger partial charge in [-0.05, 0) is 70.2 Å². The Bertz CT molecular complexity index is 1180. The molecule has 0 radical (unpaired) electrons.